The zero-order valence-electron chi connectivity index (χ0n) is 11.8. The van der Waals surface area contributed by atoms with Crippen LogP contribution in [0.1, 0.15) is 5.69 Å². The number of nitrogens with one attached hydrogen (secondary N) is 3. The van der Waals surface area contributed by atoms with E-state index in [1.807, 2.05) is 0 Å². The third kappa shape index (κ3) is 3.26. The highest BCUT2D eigenvalue weighted by Crippen LogP contribution is 2.28. The second-order valence-corrected chi connectivity index (χ2v) is 4.76. The van der Waals surface area contributed by atoms with Crippen molar-refractivity contribution in [3.63, 3.8) is 0 Å². The van der Waals surface area contributed by atoms with E-state index in [1.165, 1.54) is 12.3 Å². The Kier molecular flexibility index (Phi) is 3.80. The summed E-state index contributed by atoms with van der Waals surface area (Å²) in [5.41, 5.74) is -0.339. The molecule has 24 heavy (non-hydrogen) atoms. The molecule has 0 aromatic carbocycles. The minimum Gasteiger partial charge on any atom is -0.344 e. The summed E-state index contributed by atoms with van der Waals surface area (Å²) in [5, 5.41) is 5.13. The van der Waals surface area contributed by atoms with Crippen molar-refractivity contribution in [2.75, 3.05) is 10.6 Å². The molecule has 0 bridgehead atoms. The molecule has 3 aromatic rings. The Labute approximate surface area is 131 Å². The van der Waals surface area contributed by atoms with E-state index in [4.69, 9.17) is 0 Å². The number of aromatic amines is 1. The summed E-state index contributed by atoms with van der Waals surface area (Å²) < 4.78 is 50.4. The van der Waals surface area contributed by atoms with Gasteiger partial charge < -0.3 is 15.6 Å². The monoisotopic (exact) mass is 339 g/mol. The van der Waals surface area contributed by atoms with Crippen molar-refractivity contribution >= 4 is 28.4 Å². The molecular formula is C14H9F4N5O. The zero-order valence-corrected chi connectivity index (χ0v) is 11.8. The first-order chi connectivity index (χ1) is 11.3. The van der Waals surface area contributed by atoms with Crippen LogP contribution in [0.2, 0.25) is 0 Å². The largest absolute Gasteiger partial charge is 0.433 e. The van der Waals surface area contributed by atoms with Crippen LogP contribution in [0, 0.1) is 5.82 Å². The minimum absolute atomic E-state index is 0.0737. The van der Waals surface area contributed by atoms with Gasteiger partial charge in [-0.15, -0.1) is 0 Å². The van der Waals surface area contributed by atoms with Crippen LogP contribution in [0.4, 0.5) is 33.7 Å². The number of aromatic nitrogens is 3. The van der Waals surface area contributed by atoms with E-state index in [0.29, 0.717) is 11.0 Å². The molecule has 0 atom stereocenters. The van der Waals surface area contributed by atoms with Crippen LogP contribution in [-0.4, -0.2) is 21.0 Å². The highest BCUT2D eigenvalue weighted by atomic mass is 19.4. The Hall–Kier alpha value is -3.17. The third-order valence-electron chi connectivity index (χ3n) is 3.06. The molecule has 3 aromatic heterocycles. The number of pyridine rings is 2. The Morgan fingerprint density at radius 2 is 1.92 bits per heavy atom. The molecule has 124 valence electrons. The average Bonchev–Trinajstić information content (AvgIpc) is 2.89. The quantitative estimate of drug-likeness (QED) is 0.622. The third-order valence-corrected chi connectivity index (χ3v) is 3.06. The van der Waals surface area contributed by atoms with Crippen molar-refractivity contribution in [2.24, 2.45) is 0 Å². The van der Waals surface area contributed by atoms with Gasteiger partial charge in [-0.3, -0.25) is 0 Å². The van der Waals surface area contributed by atoms with Gasteiger partial charge in [-0.2, -0.15) is 13.2 Å². The SMILES string of the molecule is O=C(Nc1ccc(C(F)(F)F)nc1)Nc1c[nH]c2ncc(F)cc12. The molecule has 0 saturated heterocycles. The Morgan fingerprint density at radius 1 is 1.12 bits per heavy atom. The van der Waals surface area contributed by atoms with E-state index >= 15 is 0 Å². The summed E-state index contributed by atoms with van der Waals surface area (Å²) in [5.74, 6) is -0.572. The molecule has 0 saturated carbocycles. The van der Waals surface area contributed by atoms with Crippen molar-refractivity contribution in [1.29, 1.82) is 0 Å². The lowest BCUT2D eigenvalue weighted by atomic mass is 10.3. The van der Waals surface area contributed by atoms with Crippen LogP contribution >= 0.6 is 0 Å². The number of H-pyrrole nitrogens is 1. The predicted octanol–water partition coefficient (Wildman–Crippen LogP) is 3.76. The first-order valence-corrected chi connectivity index (χ1v) is 6.57. The van der Waals surface area contributed by atoms with Crippen LogP contribution in [-0.2, 0) is 6.18 Å². The van der Waals surface area contributed by atoms with Crippen LogP contribution in [0.3, 0.4) is 0 Å². The molecule has 6 nitrogen and oxygen atoms in total. The Bertz CT molecular complexity index is 888. The van der Waals surface area contributed by atoms with Gasteiger partial charge in [0, 0.05) is 11.6 Å². The van der Waals surface area contributed by atoms with Gasteiger partial charge in [0.1, 0.15) is 17.2 Å². The summed E-state index contributed by atoms with van der Waals surface area (Å²) in [6.07, 6.45) is -1.22. The summed E-state index contributed by atoms with van der Waals surface area (Å²) >= 11 is 0. The molecule has 0 radical (unpaired) electrons. The van der Waals surface area contributed by atoms with E-state index in [0.717, 1.165) is 24.5 Å². The van der Waals surface area contributed by atoms with E-state index in [-0.39, 0.29) is 11.4 Å². The molecule has 3 N–H and O–H groups in total. The molecule has 0 aliphatic heterocycles. The number of fused-ring (bicyclic) bond motifs is 1. The van der Waals surface area contributed by atoms with Gasteiger partial charge in [0.05, 0.1) is 23.8 Å². The van der Waals surface area contributed by atoms with Crippen molar-refractivity contribution in [2.45, 2.75) is 6.18 Å². The summed E-state index contributed by atoms with van der Waals surface area (Å²) in [6, 6.07) is 2.29. The number of anilines is 2. The average molecular weight is 339 g/mol. The summed E-state index contributed by atoms with van der Waals surface area (Å²) in [6.45, 7) is 0. The minimum atomic E-state index is -4.55. The molecular weight excluding hydrogens is 330 g/mol. The fourth-order valence-electron chi connectivity index (χ4n) is 2.00. The standard InChI is InChI=1S/C14H9F4N5O/c15-7-3-9-10(6-21-12(9)20-4-7)23-13(24)22-8-1-2-11(19-5-8)14(16,17)18/h1-6H,(H,20,21)(H2,22,23,24). The number of rotatable bonds is 2. The second-order valence-electron chi connectivity index (χ2n) is 4.76. The first-order valence-electron chi connectivity index (χ1n) is 6.57. The van der Waals surface area contributed by atoms with Crippen molar-refractivity contribution in [3.8, 4) is 0 Å². The number of hydrogen-bond acceptors (Lipinski definition) is 3. The fraction of sp³-hybridized carbons (Fsp3) is 0.0714. The fourth-order valence-corrected chi connectivity index (χ4v) is 2.00. The lowest BCUT2D eigenvalue weighted by Gasteiger charge is -2.08. The number of amides is 2. The van der Waals surface area contributed by atoms with E-state index < -0.39 is 23.7 Å². The van der Waals surface area contributed by atoms with Crippen LogP contribution in [0.5, 0.6) is 0 Å². The lowest BCUT2D eigenvalue weighted by molar-refractivity contribution is -0.141. The van der Waals surface area contributed by atoms with Crippen molar-refractivity contribution in [3.05, 3.63) is 48.3 Å². The summed E-state index contributed by atoms with van der Waals surface area (Å²) in [7, 11) is 0. The Morgan fingerprint density at radius 3 is 2.58 bits per heavy atom. The maximum Gasteiger partial charge on any atom is 0.433 e. The maximum atomic E-state index is 13.2. The van der Waals surface area contributed by atoms with Gasteiger partial charge in [-0.05, 0) is 18.2 Å². The zero-order chi connectivity index (χ0) is 17.3. The normalized spacial score (nSPS) is 11.5. The lowest BCUT2D eigenvalue weighted by Crippen LogP contribution is -2.19. The molecule has 0 aliphatic carbocycles. The first kappa shape index (κ1) is 15.7. The van der Waals surface area contributed by atoms with E-state index in [2.05, 4.69) is 25.6 Å². The predicted molar refractivity (Wildman–Crippen MR) is 77.9 cm³/mol. The topological polar surface area (TPSA) is 82.7 Å². The van der Waals surface area contributed by atoms with E-state index in [9.17, 15) is 22.4 Å². The number of halogens is 4. The van der Waals surface area contributed by atoms with Crippen molar-refractivity contribution in [1.82, 2.24) is 15.0 Å². The summed E-state index contributed by atoms with van der Waals surface area (Å²) in [4.78, 5) is 21.7. The number of hydrogen-bond donors (Lipinski definition) is 3. The van der Waals surface area contributed by atoms with E-state index in [1.54, 1.807) is 0 Å². The molecule has 3 heterocycles. The van der Waals surface area contributed by atoms with Gasteiger partial charge in [0.2, 0.25) is 0 Å². The molecule has 0 spiro atoms. The highest BCUT2D eigenvalue weighted by molar-refractivity contribution is 6.05. The smallest absolute Gasteiger partial charge is 0.344 e. The van der Waals surface area contributed by atoms with Gasteiger partial charge in [-0.1, -0.05) is 0 Å². The molecule has 0 unspecified atom stereocenters. The molecule has 0 aliphatic rings. The highest BCUT2D eigenvalue weighted by Gasteiger charge is 2.32. The van der Waals surface area contributed by atoms with Crippen LogP contribution in [0.15, 0.2) is 36.8 Å². The number of alkyl halides is 3. The second kappa shape index (κ2) is 5.80. The molecule has 2 amide bonds. The number of carbonyl (C=O) groups excluding carboxylic acids is 1. The van der Waals surface area contributed by atoms with Crippen LogP contribution < -0.4 is 10.6 Å². The molecule has 0 fully saturated rings. The number of carbonyl (C=O) groups is 1. The molecule has 10 heteroatoms. The Balaban J connectivity index is 1.72. The van der Waals surface area contributed by atoms with Crippen molar-refractivity contribution < 1.29 is 22.4 Å². The van der Waals surface area contributed by atoms with Gasteiger partial charge >= 0.3 is 12.2 Å². The number of urea groups is 1. The van der Waals surface area contributed by atoms with Crippen LogP contribution in [0.25, 0.3) is 11.0 Å². The maximum absolute atomic E-state index is 13.2. The van der Waals surface area contributed by atoms with Gasteiger partial charge in [0.25, 0.3) is 0 Å². The number of nitrogens with zero attached hydrogens (tertiary/aromatic N) is 2. The molecule has 3 rings (SSSR count). The van der Waals surface area contributed by atoms with Gasteiger partial charge in [-0.25, -0.2) is 19.2 Å². The van der Waals surface area contributed by atoms with Gasteiger partial charge in [0.15, 0.2) is 0 Å².